The normalized spacial score (nSPS) is 13.0. The van der Waals surface area contributed by atoms with Crippen LogP contribution in [0.2, 0.25) is 0 Å². The van der Waals surface area contributed by atoms with E-state index in [0.717, 1.165) is 19.4 Å². The Morgan fingerprint density at radius 2 is 0.853 bits per heavy atom. The first kappa shape index (κ1) is 30.5. The highest BCUT2D eigenvalue weighted by Crippen LogP contribution is 2.15. The summed E-state index contributed by atoms with van der Waals surface area (Å²) in [6, 6.07) is 6.29. The predicted molar refractivity (Wildman–Crippen MR) is 136 cm³/mol. The lowest BCUT2D eigenvalue weighted by Gasteiger charge is -2.12. The zero-order valence-electron chi connectivity index (χ0n) is 21.3. The molecule has 192 valence electrons. The van der Waals surface area contributed by atoms with Crippen molar-refractivity contribution in [3.63, 3.8) is 0 Å². The second-order valence-corrected chi connectivity index (χ2v) is 9.64. The summed E-state index contributed by atoms with van der Waals surface area (Å²) in [5.74, 6) is -0.297. The molecule has 1 aliphatic heterocycles. The van der Waals surface area contributed by atoms with Crippen molar-refractivity contribution in [3.8, 4) is 0 Å². The van der Waals surface area contributed by atoms with Crippen LogP contribution in [-0.2, 0) is 16.1 Å². The number of imide groups is 1. The topological polar surface area (TPSA) is 41.3 Å². The molecule has 0 bridgehead atoms. The molecule has 1 aliphatic rings. The van der Waals surface area contributed by atoms with Crippen LogP contribution in [0.15, 0.2) is 42.7 Å². The summed E-state index contributed by atoms with van der Waals surface area (Å²) in [5, 5.41) is 0. The summed E-state index contributed by atoms with van der Waals surface area (Å²) in [7, 11) is 0. The number of amides is 2. The van der Waals surface area contributed by atoms with Crippen LogP contribution < -0.4 is 21.5 Å². The van der Waals surface area contributed by atoms with Crippen molar-refractivity contribution in [1.29, 1.82) is 0 Å². The summed E-state index contributed by atoms with van der Waals surface area (Å²) < 4.78 is 2.28. The maximum Gasteiger partial charge on any atom is 0.253 e. The van der Waals surface area contributed by atoms with Crippen molar-refractivity contribution in [2.24, 2.45) is 0 Å². The van der Waals surface area contributed by atoms with Crippen LogP contribution in [0.1, 0.15) is 116 Å². The molecule has 0 spiro atoms. The van der Waals surface area contributed by atoms with Crippen LogP contribution in [0, 0.1) is 0 Å². The minimum absolute atomic E-state index is 0. The number of hydrogen-bond acceptors (Lipinski definition) is 2. The highest BCUT2D eigenvalue weighted by atomic mass is 79.9. The first-order chi connectivity index (χ1) is 16.3. The van der Waals surface area contributed by atoms with Crippen molar-refractivity contribution in [2.75, 3.05) is 6.54 Å². The van der Waals surface area contributed by atoms with Crippen LogP contribution in [-0.4, -0.2) is 23.3 Å². The first-order valence-corrected chi connectivity index (χ1v) is 13.7. The summed E-state index contributed by atoms with van der Waals surface area (Å²) in [6.07, 6.45) is 31.0. The van der Waals surface area contributed by atoms with Crippen molar-refractivity contribution < 1.29 is 31.1 Å². The van der Waals surface area contributed by atoms with Gasteiger partial charge in [-0.25, -0.2) is 4.57 Å². The van der Waals surface area contributed by atoms with E-state index in [9.17, 15) is 9.59 Å². The smallest absolute Gasteiger partial charge is 0.253 e. The lowest BCUT2D eigenvalue weighted by atomic mass is 10.0. The first-order valence-electron chi connectivity index (χ1n) is 13.7. The van der Waals surface area contributed by atoms with Gasteiger partial charge in [0.25, 0.3) is 11.8 Å². The average Bonchev–Trinajstić information content (AvgIpc) is 3.15. The van der Waals surface area contributed by atoms with Crippen molar-refractivity contribution in [3.05, 3.63) is 42.7 Å². The molecule has 0 fully saturated rings. The van der Waals surface area contributed by atoms with E-state index in [0.29, 0.717) is 6.54 Å². The van der Waals surface area contributed by atoms with Gasteiger partial charge in [-0.15, -0.1) is 0 Å². The van der Waals surface area contributed by atoms with Crippen LogP contribution in [0.5, 0.6) is 0 Å². The van der Waals surface area contributed by atoms with Gasteiger partial charge in [-0.05, 0) is 12.8 Å². The van der Waals surface area contributed by atoms with E-state index >= 15 is 0 Å². The summed E-state index contributed by atoms with van der Waals surface area (Å²) in [4.78, 5) is 24.3. The molecule has 4 nitrogen and oxygen atoms in total. The van der Waals surface area contributed by atoms with E-state index in [1.54, 1.807) is 0 Å². The third-order valence-electron chi connectivity index (χ3n) is 6.73. The van der Waals surface area contributed by atoms with Gasteiger partial charge in [0, 0.05) is 37.3 Å². The summed E-state index contributed by atoms with van der Waals surface area (Å²) in [6.45, 7) is 1.74. The zero-order chi connectivity index (χ0) is 23.4. The number of hydrogen-bond donors (Lipinski definition) is 0. The second kappa shape index (κ2) is 20.8. The minimum Gasteiger partial charge on any atom is -1.00 e. The van der Waals surface area contributed by atoms with E-state index < -0.39 is 0 Å². The molecule has 0 aromatic carbocycles. The van der Waals surface area contributed by atoms with Crippen LogP contribution in [0.25, 0.3) is 0 Å². The average molecular weight is 536 g/mol. The van der Waals surface area contributed by atoms with Crippen LogP contribution in [0.3, 0.4) is 0 Å². The maximum atomic E-state index is 11.5. The van der Waals surface area contributed by atoms with Gasteiger partial charge in [0.1, 0.15) is 6.54 Å². The molecule has 2 rings (SSSR count). The van der Waals surface area contributed by atoms with Crippen molar-refractivity contribution >= 4 is 11.8 Å². The zero-order valence-corrected chi connectivity index (χ0v) is 22.9. The number of aromatic nitrogens is 1. The number of nitrogens with zero attached hydrogens (tertiary/aromatic N) is 2. The van der Waals surface area contributed by atoms with Crippen molar-refractivity contribution in [1.82, 2.24) is 4.90 Å². The van der Waals surface area contributed by atoms with Gasteiger partial charge in [0.15, 0.2) is 12.4 Å². The number of carbonyl (C=O) groups is 2. The molecule has 0 atom stereocenters. The molecular weight excluding hydrogens is 488 g/mol. The van der Waals surface area contributed by atoms with Gasteiger partial charge < -0.3 is 17.0 Å². The molecule has 2 amide bonds. The number of pyridine rings is 1. The fraction of sp³-hybridized carbons (Fsp3) is 0.690. The molecule has 1 aromatic heterocycles. The molecule has 0 radical (unpaired) electrons. The molecular formula is C29H47BrN2O2. The Bertz CT molecular complexity index is 660. The Morgan fingerprint density at radius 1 is 0.500 bits per heavy atom. The quantitative estimate of drug-likeness (QED) is 0.136. The molecule has 0 saturated heterocycles. The number of halogens is 1. The Labute approximate surface area is 219 Å². The lowest BCUT2D eigenvalue weighted by Crippen LogP contribution is -3.00. The molecule has 34 heavy (non-hydrogen) atoms. The minimum atomic E-state index is -0.149. The highest BCUT2D eigenvalue weighted by Gasteiger charge is 2.21. The number of carbonyl (C=O) groups excluding carboxylic acids is 2. The summed E-state index contributed by atoms with van der Waals surface area (Å²) >= 11 is 0. The molecule has 1 aromatic rings. The Balaban J connectivity index is 0.00000578. The van der Waals surface area contributed by atoms with E-state index in [-0.39, 0.29) is 28.8 Å². The Morgan fingerprint density at radius 3 is 1.26 bits per heavy atom. The third-order valence-corrected chi connectivity index (χ3v) is 6.73. The monoisotopic (exact) mass is 534 g/mol. The molecule has 0 aliphatic carbocycles. The molecule has 5 heteroatoms. The molecule has 0 N–H and O–H groups in total. The lowest BCUT2D eigenvalue weighted by molar-refractivity contribution is -0.697. The van der Waals surface area contributed by atoms with E-state index in [1.807, 2.05) is 0 Å². The van der Waals surface area contributed by atoms with E-state index in [1.165, 1.54) is 120 Å². The number of unbranched alkanes of at least 4 members (excludes halogenated alkanes) is 17. The van der Waals surface area contributed by atoms with E-state index in [2.05, 4.69) is 35.2 Å². The van der Waals surface area contributed by atoms with Crippen LogP contribution in [0.4, 0.5) is 0 Å². The number of aryl methyl sites for hydroxylation is 1. The SMILES string of the molecule is O=C1C=CC(=O)N1CCCCCCCCCCCCCCCCCCCC[n+]1ccccc1.[Br-]. The fourth-order valence-electron chi connectivity index (χ4n) is 4.63. The Hall–Kier alpha value is -1.49. The van der Waals surface area contributed by atoms with Gasteiger partial charge in [-0.3, -0.25) is 14.5 Å². The highest BCUT2D eigenvalue weighted by molar-refractivity contribution is 6.12. The molecule has 0 unspecified atom stereocenters. The van der Waals surface area contributed by atoms with Gasteiger partial charge >= 0.3 is 0 Å². The van der Waals surface area contributed by atoms with Gasteiger partial charge in [-0.1, -0.05) is 102 Å². The van der Waals surface area contributed by atoms with Gasteiger partial charge in [-0.2, -0.15) is 0 Å². The largest absolute Gasteiger partial charge is 1.00 e. The Kier molecular flexibility index (Phi) is 18.7. The van der Waals surface area contributed by atoms with E-state index in [4.69, 9.17) is 0 Å². The number of rotatable bonds is 21. The van der Waals surface area contributed by atoms with Gasteiger partial charge in [0.05, 0.1) is 0 Å². The third kappa shape index (κ3) is 14.7. The molecule has 0 saturated carbocycles. The summed E-state index contributed by atoms with van der Waals surface area (Å²) in [5.41, 5.74) is 0. The molecule has 2 heterocycles. The van der Waals surface area contributed by atoms with Gasteiger partial charge in [0.2, 0.25) is 0 Å². The standard InChI is InChI=1S/C29H47N2O2.BrH/c32-28-22-23-29(33)31(28)27-21-16-14-12-10-8-6-4-2-1-3-5-7-9-11-13-15-18-24-30-25-19-17-20-26-30;/h17,19-20,22-23,25-26H,1-16,18,21,24,27H2;1H/q+1;/p-1. The second-order valence-electron chi connectivity index (χ2n) is 9.64. The maximum absolute atomic E-state index is 11.5. The van der Waals surface area contributed by atoms with Crippen LogP contribution >= 0.6 is 0 Å². The predicted octanol–water partition coefficient (Wildman–Crippen LogP) is 3.92. The fourth-order valence-corrected chi connectivity index (χ4v) is 4.63. The van der Waals surface area contributed by atoms with Crippen molar-refractivity contribution in [2.45, 2.75) is 122 Å².